The van der Waals surface area contributed by atoms with Gasteiger partial charge in [-0.3, -0.25) is 9.59 Å². The second kappa shape index (κ2) is 17.5. The molecule has 0 saturated carbocycles. The maximum Gasteiger partial charge on any atom is 0.408 e. The standard InChI is InChI=1S/C38H46Cl2N6O7/c1-6-16-51-35(48)32-44-34(53-46-32)30(22(5)8-3)42-36(49)38(15-14-28-26(19-38)25-17-24(39)18-27(40)31(25)41-28)45-33(47)29(21(4)7-2)43-37(50)52-20-23-12-10-9-11-13-23/h9-13,17-18,21-22,29-30,41H,6-8,14-16,19-20H2,1-5H3,(H,42,49)(H,43,50)(H,45,47)/t21?,22?,29-,30-,38+/m0/s1. The van der Waals surface area contributed by atoms with Crippen molar-refractivity contribution in [3.63, 3.8) is 0 Å². The molecule has 1 aliphatic rings. The number of nitrogens with zero attached hydrogens (tertiary/aromatic N) is 2. The largest absolute Gasteiger partial charge is 0.460 e. The third-order valence-corrected chi connectivity index (χ3v) is 10.4. The van der Waals surface area contributed by atoms with Gasteiger partial charge in [0.05, 0.1) is 17.1 Å². The van der Waals surface area contributed by atoms with Crippen LogP contribution in [0.5, 0.6) is 0 Å². The van der Waals surface area contributed by atoms with Crippen molar-refractivity contribution in [2.24, 2.45) is 11.8 Å². The number of fused-ring (bicyclic) bond motifs is 3. The number of esters is 1. The fourth-order valence-corrected chi connectivity index (χ4v) is 6.94. The number of rotatable bonds is 15. The lowest BCUT2D eigenvalue weighted by molar-refractivity contribution is -0.136. The molecule has 2 aromatic heterocycles. The van der Waals surface area contributed by atoms with Crippen molar-refractivity contribution < 1.29 is 33.2 Å². The minimum Gasteiger partial charge on any atom is -0.460 e. The molecule has 0 radical (unpaired) electrons. The normalized spacial score (nSPS) is 17.6. The Bertz CT molecular complexity index is 1930. The molecule has 2 aromatic carbocycles. The van der Waals surface area contributed by atoms with Crippen LogP contribution in [0, 0.1) is 11.8 Å². The summed E-state index contributed by atoms with van der Waals surface area (Å²) in [6.07, 6.45) is 1.68. The maximum absolute atomic E-state index is 14.8. The van der Waals surface area contributed by atoms with Crippen LogP contribution in [0.1, 0.15) is 99.7 Å². The van der Waals surface area contributed by atoms with Gasteiger partial charge in [-0.25, -0.2) is 9.59 Å². The number of halogens is 2. The molecular formula is C38H46Cl2N6O7. The quantitative estimate of drug-likeness (QED) is 0.0926. The van der Waals surface area contributed by atoms with Gasteiger partial charge in [-0.15, -0.1) is 0 Å². The first-order valence-corrected chi connectivity index (χ1v) is 18.7. The summed E-state index contributed by atoms with van der Waals surface area (Å²) in [5, 5.41) is 14.3. The number of aromatic amines is 1. The van der Waals surface area contributed by atoms with Gasteiger partial charge in [0, 0.05) is 22.5 Å². The Hall–Kier alpha value is -4.62. The van der Waals surface area contributed by atoms with Crippen molar-refractivity contribution in [3.8, 4) is 0 Å². The molecule has 5 rings (SSSR count). The van der Waals surface area contributed by atoms with Crippen molar-refractivity contribution in [3.05, 3.63) is 81.0 Å². The SMILES string of the molecule is CCCOC(=O)c1noc([C@@H](NC(=O)[C@@]2(NC(=O)[C@@H](NC(=O)OCc3ccccc3)C(C)CC)CCc3[nH]c4c(Cl)cc(Cl)cc4c3C2)C(C)CC)n1. The van der Waals surface area contributed by atoms with Crippen molar-refractivity contribution in [1.29, 1.82) is 0 Å². The third kappa shape index (κ3) is 9.13. The second-order valence-corrected chi connectivity index (χ2v) is 14.5. The van der Waals surface area contributed by atoms with Crippen LogP contribution >= 0.6 is 23.2 Å². The van der Waals surface area contributed by atoms with Crippen LogP contribution in [0.4, 0.5) is 4.79 Å². The van der Waals surface area contributed by atoms with E-state index in [9.17, 15) is 19.2 Å². The van der Waals surface area contributed by atoms with Crippen LogP contribution in [0.3, 0.4) is 0 Å². The molecule has 13 nitrogen and oxygen atoms in total. The number of carbonyl (C=O) groups is 4. The molecule has 0 spiro atoms. The number of H-pyrrole nitrogens is 1. The second-order valence-electron chi connectivity index (χ2n) is 13.6. The monoisotopic (exact) mass is 768 g/mol. The average molecular weight is 770 g/mol. The molecule has 0 bridgehead atoms. The molecule has 4 aromatic rings. The number of hydrogen-bond donors (Lipinski definition) is 4. The highest BCUT2D eigenvalue weighted by Crippen LogP contribution is 2.39. The predicted octanol–water partition coefficient (Wildman–Crippen LogP) is 7.01. The smallest absolute Gasteiger partial charge is 0.408 e. The van der Waals surface area contributed by atoms with Gasteiger partial charge >= 0.3 is 12.1 Å². The van der Waals surface area contributed by atoms with Crippen LogP contribution in [0.25, 0.3) is 10.9 Å². The Balaban J connectivity index is 1.48. The minimum absolute atomic E-state index is 0.0209. The zero-order chi connectivity index (χ0) is 38.3. The van der Waals surface area contributed by atoms with Crippen molar-refractivity contribution in [2.75, 3.05) is 6.61 Å². The lowest BCUT2D eigenvalue weighted by Crippen LogP contribution is -2.65. The van der Waals surface area contributed by atoms with Crippen LogP contribution in [0.2, 0.25) is 10.0 Å². The molecule has 0 saturated heterocycles. The van der Waals surface area contributed by atoms with E-state index in [2.05, 4.69) is 31.1 Å². The van der Waals surface area contributed by atoms with E-state index in [4.69, 9.17) is 37.2 Å². The summed E-state index contributed by atoms with van der Waals surface area (Å²) in [6.45, 7) is 9.68. The van der Waals surface area contributed by atoms with Crippen LogP contribution in [-0.2, 0) is 38.5 Å². The van der Waals surface area contributed by atoms with Gasteiger partial charge in [-0.05, 0) is 59.5 Å². The summed E-state index contributed by atoms with van der Waals surface area (Å²) >= 11 is 13.0. The average Bonchev–Trinajstić information content (AvgIpc) is 3.79. The molecule has 53 heavy (non-hydrogen) atoms. The van der Waals surface area contributed by atoms with Crippen LogP contribution in [0.15, 0.2) is 47.0 Å². The molecule has 284 valence electrons. The van der Waals surface area contributed by atoms with Gasteiger partial charge in [-0.1, -0.05) is 101 Å². The third-order valence-electron chi connectivity index (χ3n) is 9.91. The Morgan fingerprint density at radius 3 is 2.43 bits per heavy atom. The van der Waals surface area contributed by atoms with Crippen LogP contribution in [-0.4, -0.2) is 57.2 Å². The molecule has 0 aliphatic heterocycles. The zero-order valence-corrected chi connectivity index (χ0v) is 32.0. The number of aromatic nitrogens is 3. The predicted molar refractivity (Wildman–Crippen MR) is 199 cm³/mol. The van der Waals surface area contributed by atoms with Crippen molar-refractivity contribution in [1.82, 2.24) is 31.1 Å². The Morgan fingerprint density at radius 1 is 1.00 bits per heavy atom. The molecular weight excluding hydrogens is 723 g/mol. The lowest BCUT2D eigenvalue weighted by atomic mass is 9.78. The van der Waals surface area contributed by atoms with E-state index >= 15 is 0 Å². The molecule has 15 heteroatoms. The molecule has 2 unspecified atom stereocenters. The summed E-state index contributed by atoms with van der Waals surface area (Å²) in [5.74, 6) is -2.55. The van der Waals surface area contributed by atoms with E-state index in [-0.39, 0.29) is 49.6 Å². The van der Waals surface area contributed by atoms with Gasteiger partial charge < -0.3 is 34.9 Å². The van der Waals surface area contributed by atoms with Crippen LogP contribution < -0.4 is 16.0 Å². The number of alkyl carbamates (subject to hydrolysis) is 1. The van der Waals surface area contributed by atoms with E-state index in [1.54, 1.807) is 12.1 Å². The summed E-state index contributed by atoms with van der Waals surface area (Å²) in [6, 6.07) is 10.8. The Morgan fingerprint density at radius 2 is 1.74 bits per heavy atom. The molecule has 1 aliphatic carbocycles. The summed E-state index contributed by atoms with van der Waals surface area (Å²) in [4.78, 5) is 62.4. The van der Waals surface area contributed by atoms with E-state index in [0.29, 0.717) is 41.2 Å². The van der Waals surface area contributed by atoms with Gasteiger partial charge in [0.25, 0.3) is 5.82 Å². The molecule has 2 heterocycles. The highest BCUT2D eigenvalue weighted by molar-refractivity contribution is 6.38. The number of aryl methyl sites for hydroxylation is 1. The number of nitrogens with one attached hydrogen (secondary N) is 4. The van der Waals surface area contributed by atoms with Crippen molar-refractivity contribution in [2.45, 2.75) is 97.4 Å². The van der Waals surface area contributed by atoms with Gasteiger partial charge in [0.2, 0.25) is 17.7 Å². The molecule has 0 fully saturated rings. The summed E-state index contributed by atoms with van der Waals surface area (Å²) < 4.78 is 16.1. The minimum atomic E-state index is -1.51. The fourth-order valence-electron chi connectivity index (χ4n) is 6.40. The van der Waals surface area contributed by atoms with E-state index < -0.39 is 41.5 Å². The number of ether oxygens (including phenoxy) is 2. The molecule has 5 atom stereocenters. The van der Waals surface area contributed by atoms with Gasteiger partial charge in [0.1, 0.15) is 24.2 Å². The summed E-state index contributed by atoms with van der Waals surface area (Å²) in [7, 11) is 0. The first-order valence-electron chi connectivity index (χ1n) is 18.0. The first kappa shape index (κ1) is 39.6. The number of benzene rings is 2. The first-order chi connectivity index (χ1) is 25.4. The molecule has 4 N–H and O–H groups in total. The zero-order valence-electron chi connectivity index (χ0n) is 30.5. The van der Waals surface area contributed by atoms with E-state index in [1.165, 1.54) is 0 Å². The highest BCUT2D eigenvalue weighted by Gasteiger charge is 2.47. The number of amides is 3. The van der Waals surface area contributed by atoms with Gasteiger partial charge in [0.15, 0.2) is 0 Å². The lowest BCUT2D eigenvalue weighted by Gasteiger charge is -2.39. The van der Waals surface area contributed by atoms with Crippen molar-refractivity contribution >= 4 is 58.0 Å². The van der Waals surface area contributed by atoms with Gasteiger partial charge in [-0.2, -0.15) is 4.98 Å². The fraction of sp³-hybridized carbons (Fsp3) is 0.474. The topological polar surface area (TPSA) is 178 Å². The molecule has 3 amide bonds. The summed E-state index contributed by atoms with van der Waals surface area (Å²) in [5.41, 5.74) is 1.61. The Labute approximate surface area is 318 Å². The number of carbonyl (C=O) groups excluding carboxylic acids is 4. The Kier molecular flexibility index (Phi) is 13.0. The number of hydrogen-bond acceptors (Lipinski definition) is 9. The maximum atomic E-state index is 14.8. The van der Waals surface area contributed by atoms with E-state index in [1.807, 2.05) is 65.0 Å². The highest BCUT2D eigenvalue weighted by atomic mass is 35.5. The van der Waals surface area contributed by atoms with E-state index in [0.717, 1.165) is 22.2 Å².